The zero-order chi connectivity index (χ0) is 13.7. The van der Waals surface area contributed by atoms with Gasteiger partial charge in [0.25, 0.3) is 0 Å². The summed E-state index contributed by atoms with van der Waals surface area (Å²) < 4.78 is 10.7. The second kappa shape index (κ2) is 6.54. The highest BCUT2D eigenvalue weighted by Gasteiger charge is 2.15. The van der Waals surface area contributed by atoms with Gasteiger partial charge in [0, 0.05) is 5.69 Å². The predicted octanol–water partition coefficient (Wildman–Crippen LogP) is 2.19. The lowest BCUT2D eigenvalue weighted by atomic mass is 10.1. The zero-order valence-electron chi connectivity index (χ0n) is 11.4. The van der Waals surface area contributed by atoms with Crippen molar-refractivity contribution in [3.8, 4) is 0 Å². The van der Waals surface area contributed by atoms with Crippen molar-refractivity contribution in [2.24, 2.45) is 0 Å². The van der Waals surface area contributed by atoms with Crippen LogP contribution in [0.2, 0.25) is 0 Å². The molecule has 0 unspecified atom stereocenters. The molecular formula is C14H20N2O3. The Bertz CT molecular complexity index is 422. The third-order valence-corrected chi connectivity index (χ3v) is 3.05. The number of nitrogens with one attached hydrogen (secondary N) is 2. The first-order valence-corrected chi connectivity index (χ1v) is 6.51. The summed E-state index contributed by atoms with van der Waals surface area (Å²) in [6, 6.07) is 5.67. The molecule has 2 N–H and O–H groups in total. The Balaban J connectivity index is 1.83. The van der Waals surface area contributed by atoms with Crippen LogP contribution in [-0.2, 0) is 9.47 Å². The lowest BCUT2D eigenvalue weighted by molar-refractivity contribution is -0.173. The van der Waals surface area contributed by atoms with E-state index in [-0.39, 0.29) is 12.3 Å². The average molecular weight is 264 g/mol. The molecule has 5 nitrogen and oxygen atoms in total. The van der Waals surface area contributed by atoms with Gasteiger partial charge in [0.1, 0.15) is 0 Å². The van der Waals surface area contributed by atoms with Crippen molar-refractivity contribution in [1.82, 2.24) is 5.32 Å². The van der Waals surface area contributed by atoms with Crippen LogP contribution in [0, 0.1) is 13.8 Å². The van der Waals surface area contributed by atoms with E-state index in [1.165, 1.54) is 0 Å². The van der Waals surface area contributed by atoms with Crippen LogP contribution in [0.15, 0.2) is 18.2 Å². The van der Waals surface area contributed by atoms with Crippen molar-refractivity contribution < 1.29 is 14.3 Å². The summed E-state index contributed by atoms with van der Waals surface area (Å²) in [6.07, 6.45) is 0.572. The van der Waals surface area contributed by atoms with Gasteiger partial charge in [-0.2, -0.15) is 0 Å². The predicted molar refractivity (Wildman–Crippen MR) is 73.2 cm³/mol. The Morgan fingerprint density at radius 3 is 2.53 bits per heavy atom. The minimum absolute atomic E-state index is 0.241. The summed E-state index contributed by atoms with van der Waals surface area (Å²) >= 11 is 0. The van der Waals surface area contributed by atoms with Gasteiger partial charge in [0.05, 0.1) is 19.8 Å². The number of amides is 2. The number of carbonyl (C=O) groups excluding carboxylic acids is 1. The molecule has 0 aliphatic carbocycles. The van der Waals surface area contributed by atoms with Crippen LogP contribution in [0.3, 0.4) is 0 Å². The molecule has 5 heteroatoms. The Hall–Kier alpha value is -1.59. The van der Waals surface area contributed by atoms with Crippen LogP contribution in [0.1, 0.15) is 17.5 Å². The summed E-state index contributed by atoms with van der Waals surface area (Å²) in [7, 11) is 0. The quantitative estimate of drug-likeness (QED) is 0.879. The van der Waals surface area contributed by atoms with Gasteiger partial charge >= 0.3 is 6.03 Å². The molecule has 0 aromatic heterocycles. The first-order chi connectivity index (χ1) is 9.16. The van der Waals surface area contributed by atoms with E-state index in [1.54, 1.807) is 0 Å². The molecule has 1 aliphatic rings. The number of carbonyl (C=O) groups is 1. The van der Waals surface area contributed by atoms with Crippen molar-refractivity contribution in [3.63, 3.8) is 0 Å². The molecule has 1 aliphatic heterocycles. The van der Waals surface area contributed by atoms with E-state index in [9.17, 15) is 4.79 Å². The van der Waals surface area contributed by atoms with E-state index in [4.69, 9.17) is 9.47 Å². The van der Waals surface area contributed by atoms with Crippen LogP contribution < -0.4 is 10.6 Å². The Morgan fingerprint density at radius 2 is 1.89 bits per heavy atom. The third-order valence-electron chi connectivity index (χ3n) is 3.05. The molecule has 1 saturated heterocycles. The molecular weight excluding hydrogens is 244 g/mol. The monoisotopic (exact) mass is 264 g/mol. The molecule has 1 aromatic carbocycles. The van der Waals surface area contributed by atoms with Crippen LogP contribution in [0.4, 0.5) is 10.5 Å². The summed E-state index contributed by atoms with van der Waals surface area (Å²) in [5.74, 6) is 0. The second-order valence-electron chi connectivity index (χ2n) is 4.63. The van der Waals surface area contributed by atoms with E-state index >= 15 is 0 Å². The van der Waals surface area contributed by atoms with Crippen molar-refractivity contribution in [2.75, 3.05) is 25.1 Å². The van der Waals surface area contributed by atoms with E-state index < -0.39 is 0 Å². The van der Waals surface area contributed by atoms with E-state index in [2.05, 4.69) is 10.6 Å². The topological polar surface area (TPSA) is 59.6 Å². The fraction of sp³-hybridized carbons (Fsp3) is 0.500. The SMILES string of the molecule is Cc1cccc(C)c1NC(=O)NCC1OCCCO1. The summed E-state index contributed by atoms with van der Waals surface area (Å²) in [5, 5.41) is 5.61. The molecule has 104 valence electrons. The smallest absolute Gasteiger partial charge is 0.319 e. The second-order valence-corrected chi connectivity index (χ2v) is 4.63. The van der Waals surface area contributed by atoms with Gasteiger partial charge in [-0.3, -0.25) is 0 Å². The molecule has 19 heavy (non-hydrogen) atoms. The fourth-order valence-corrected chi connectivity index (χ4v) is 2.00. The van der Waals surface area contributed by atoms with Crippen molar-refractivity contribution >= 4 is 11.7 Å². The Labute approximate surface area is 113 Å². The molecule has 0 bridgehead atoms. The number of urea groups is 1. The largest absolute Gasteiger partial charge is 0.351 e. The van der Waals surface area contributed by atoms with E-state index in [0.717, 1.165) is 23.2 Å². The average Bonchev–Trinajstić information content (AvgIpc) is 2.42. The van der Waals surface area contributed by atoms with Crippen LogP contribution in [-0.4, -0.2) is 32.1 Å². The van der Waals surface area contributed by atoms with Gasteiger partial charge in [-0.15, -0.1) is 0 Å². The van der Waals surface area contributed by atoms with Gasteiger partial charge in [-0.05, 0) is 31.4 Å². The maximum Gasteiger partial charge on any atom is 0.319 e. The number of anilines is 1. The molecule has 1 heterocycles. The molecule has 0 radical (unpaired) electrons. The number of hydrogen-bond acceptors (Lipinski definition) is 3. The highest BCUT2D eigenvalue weighted by atomic mass is 16.7. The number of aryl methyl sites for hydroxylation is 2. The Kier molecular flexibility index (Phi) is 4.76. The fourth-order valence-electron chi connectivity index (χ4n) is 2.00. The maximum absolute atomic E-state index is 11.8. The summed E-state index contributed by atoms with van der Waals surface area (Å²) in [4.78, 5) is 11.8. The molecule has 0 atom stereocenters. The number of ether oxygens (including phenoxy) is 2. The van der Waals surface area contributed by atoms with E-state index in [0.29, 0.717) is 19.8 Å². The van der Waals surface area contributed by atoms with Crippen molar-refractivity contribution in [2.45, 2.75) is 26.6 Å². The van der Waals surface area contributed by atoms with Gasteiger partial charge < -0.3 is 20.1 Å². The molecule has 0 saturated carbocycles. The molecule has 1 fully saturated rings. The van der Waals surface area contributed by atoms with Crippen LogP contribution in [0.5, 0.6) is 0 Å². The zero-order valence-corrected chi connectivity index (χ0v) is 11.4. The number of para-hydroxylation sites is 1. The normalized spacial score (nSPS) is 16.1. The Morgan fingerprint density at radius 1 is 1.26 bits per heavy atom. The molecule has 2 amide bonds. The van der Waals surface area contributed by atoms with Crippen molar-refractivity contribution in [1.29, 1.82) is 0 Å². The highest BCUT2D eigenvalue weighted by molar-refractivity contribution is 5.90. The standard InChI is InChI=1S/C14H20N2O3/c1-10-5-3-6-11(2)13(10)16-14(17)15-9-12-18-7-4-8-19-12/h3,5-6,12H,4,7-9H2,1-2H3,(H2,15,16,17). The number of rotatable bonds is 3. The summed E-state index contributed by atoms with van der Waals surface area (Å²) in [5.41, 5.74) is 2.94. The first kappa shape index (κ1) is 13.8. The summed E-state index contributed by atoms with van der Waals surface area (Å²) in [6.45, 7) is 5.67. The molecule has 2 rings (SSSR count). The number of benzene rings is 1. The van der Waals surface area contributed by atoms with Crippen LogP contribution in [0.25, 0.3) is 0 Å². The van der Waals surface area contributed by atoms with Gasteiger partial charge in [0.15, 0.2) is 6.29 Å². The molecule has 1 aromatic rings. The van der Waals surface area contributed by atoms with E-state index in [1.807, 2.05) is 32.0 Å². The maximum atomic E-state index is 11.8. The lowest BCUT2D eigenvalue weighted by Crippen LogP contribution is -2.39. The molecule has 0 spiro atoms. The lowest BCUT2D eigenvalue weighted by Gasteiger charge is -2.23. The van der Waals surface area contributed by atoms with Gasteiger partial charge in [-0.25, -0.2) is 4.79 Å². The van der Waals surface area contributed by atoms with Gasteiger partial charge in [-0.1, -0.05) is 18.2 Å². The minimum Gasteiger partial charge on any atom is -0.351 e. The van der Waals surface area contributed by atoms with Crippen LogP contribution >= 0.6 is 0 Å². The number of hydrogen-bond donors (Lipinski definition) is 2. The van der Waals surface area contributed by atoms with Gasteiger partial charge in [0.2, 0.25) is 0 Å². The first-order valence-electron chi connectivity index (χ1n) is 6.51. The highest BCUT2D eigenvalue weighted by Crippen LogP contribution is 2.19. The third kappa shape index (κ3) is 3.94. The van der Waals surface area contributed by atoms with Crippen molar-refractivity contribution in [3.05, 3.63) is 29.3 Å². The minimum atomic E-state index is -0.336.